The lowest BCUT2D eigenvalue weighted by Gasteiger charge is -2.45. The third-order valence-corrected chi connectivity index (χ3v) is 6.61. The average Bonchev–Trinajstić information content (AvgIpc) is 3.15. The molecule has 0 amide bonds. The second-order valence-corrected chi connectivity index (χ2v) is 8.43. The topological polar surface area (TPSA) is 57.9 Å². The maximum absolute atomic E-state index is 11.2. The van der Waals surface area contributed by atoms with Crippen molar-refractivity contribution in [3.63, 3.8) is 0 Å². The normalized spacial score (nSPS) is 24.2. The average molecular weight is 400 g/mol. The van der Waals surface area contributed by atoms with Gasteiger partial charge in [0.1, 0.15) is 0 Å². The van der Waals surface area contributed by atoms with E-state index in [1.165, 1.54) is 16.5 Å². The van der Waals surface area contributed by atoms with E-state index in [1.807, 2.05) is 0 Å². The number of aliphatic carboxylic acids is 1. The molecular weight excluding hydrogens is 366 g/mol. The molecule has 2 fully saturated rings. The standard InChI is InChI=1S/C23H33N3O3/c1-2-25-10-7-19-4-3-18(15-22(19)25)16-24-9-8-21(26-11-13-29-14-12-26)20(17-24)5-6-23(27)28/h3-4,7,10,15,20-21H,2,5-6,8-9,11-14,16-17H2,1H3,(H,27,28)/t20-,21+/m1/s1. The molecule has 2 atom stereocenters. The molecule has 158 valence electrons. The van der Waals surface area contributed by atoms with Gasteiger partial charge in [-0.15, -0.1) is 0 Å². The van der Waals surface area contributed by atoms with Gasteiger partial charge in [0.25, 0.3) is 0 Å². The van der Waals surface area contributed by atoms with E-state index in [1.54, 1.807) is 0 Å². The van der Waals surface area contributed by atoms with Crippen molar-refractivity contribution >= 4 is 16.9 Å². The predicted octanol–water partition coefficient (Wildman–Crippen LogP) is 3.05. The number of hydrogen-bond acceptors (Lipinski definition) is 4. The van der Waals surface area contributed by atoms with Gasteiger partial charge in [-0.3, -0.25) is 14.6 Å². The number of nitrogens with zero attached hydrogens (tertiary/aromatic N) is 3. The molecule has 0 radical (unpaired) electrons. The summed E-state index contributed by atoms with van der Waals surface area (Å²) in [6.45, 7) is 9.67. The van der Waals surface area contributed by atoms with Gasteiger partial charge < -0.3 is 14.4 Å². The van der Waals surface area contributed by atoms with E-state index >= 15 is 0 Å². The molecule has 6 nitrogen and oxygen atoms in total. The third kappa shape index (κ3) is 4.82. The summed E-state index contributed by atoms with van der Waals surface area (Å²) in [5.41, 5.74) is 2.64. The molecule has 1 aromatic carbocycles. The van der Waals surface area contributed by atoms with Crippen molar-refractivity contribution in [2.24, 2.45) is 5.92 Å². The van der Waals surface area contributed by atoms with E-state index in [2.05, 4.69) is 51.8 Å². The van der Waals surface area contributed by atoms with Crippen LogP contribution in [0.1, 0.15) is 31.7 Å². The van der Waals surface area contributed by atoms with Crippen LogP contribution in [0.15, 0.2) is 30.5 Å². The third-order valence-electron chi connectivity index (χ3n) is 6.61. The Morgan fingerprint density at radius 3 is 2.79 bits per heavy atom. The van der Waals surface area contributed by atoms with Gasteiger partial charge in [-0.2, -0.15) is 0 Å². The van der Waals surface area contributed by atoms with Crippen LogP contribution in [0.2, 0.25) is 0 Å². The Kier molecular flexibility index (Phi) is 6.53. The highest BCUT2D eigenvalue weighted by Gasteiger charge is 2.34. The highest BCUT2D eigenvalue weighted by atomic mass is 16.5. The number of aromatic nitrogens is 1. The zero-order chi connectivity index (χ0) is 20.2. The van der Waals surface area contributed by atoms with E-state index in [-0.39, 0.29) is 6.42 Å². The molecule has 1 aromatic heterocycles. The van der Waals surface area contributed by atoms with Crippen molar-refractivity contribution in [1.82, 2.24) is 14.4 Å². The van der Waals surface area contributed by atoms with Crippen LogP contribution in [0.3, 0.4) is 0 Å². The number of carboxylic acid groups (broad SMARTS) is 1. The molecule has 0 saturated carbocycles. The van der Waals surface area contributed by atoms with E-state index in [4.69, 9.17) is 4.74 Å². The second-order valence-electron chi connectivity index (χ2n) is 8.43. The molecule has 1 N–H and O–H groups in total. The van der Waals surface area contributed by atoms with Gasteiger partial charge in [-0.25, -0.2) is 0 Å². The largest absolute Gasteiger partial charge is 0.481 e. The lowest BCUT2D eigenvalue weighted by molar-refractivity contribution is -0.137. The molecular formula is C23H33N3O3. The monoisotopic (exact) mass is 399 g/mol. The van der Waals surface area contributed by atoms with E-state index in [0.717, 1.165) is 65.3 Å². The molecule has 0 bridgehead atoms. The molecule has 2 saturated heterocycles. The SMILES string of the molecule is CCn1ccc2ccc(CN3CC[C@H](N4CCOCC4)[C@H](CCC(=O)O)C3)cc21. The van der Waals surface area contributed by atoms with Crippen molar-refractivity contribution in [3.05, 3.63) is 36.0 Å². The van der Waals surface area contributed by atoms with Gasteiger partial charge in [0, 0.05) is 56.9 Å². The number of rotatable bonds is 7. The Balaban J connectivity index is 1.45. The van der Waals surface area contributed by atoms with Crippen molar-refractivity contribution in [1.29, 1.82) is 0 Å². The highest BCUT2D eigenvalue weighted by molar-refractivity contribution is 5.80. The smallest absolute Gasteiger partial charge is 0.303 e. The first-order chi connectivity index (χ1) is 14.1. The lowest BCUT2D eigenvalue weighted by atomic mass is 9.86. The summed E-state index contributed by atoms with van der Waals surface area (Å²) in [7, 11) is 0. The van der Waals surface area contributed by atoms with Gasteiger partial charge in [-0.1, -0.05) is 12.1 Å². The summed E-state index contributed by atoms with van der Waals surface area (Å²) in [6.07, 6.45) is 4.28. The predicted molar refractivity (Wildman–Crippen MR) is 114 cm³/mol. The summed E-state index contributed by atoms with van der Waals surface area (Å²) in [5, 5.41) is 10.5. The first-order valence-electron chi connectivity index (χ1n) is 11.0. The summed E-state index contributed by atoms with van der Waals surface area (Å²) < 4.78 is 7.81. The molecule has 0 spiro atoms. The zero-order valence-electron chi connectivity index (χ0n) is 17.4. The molecule has 2 aromatic rings. The Morgan fingerprint density at radius 1 is 1.21 bits per heavy atom. The zero-order valence-corrected chi connectivity index (χ0v) is 17.4. The van der Waals surface area contributed by atoms with Crippen LogP contribution in [0.5, 0.6) is 0 Å². The Labute approximate surface area is 173 Å². The number of aryl methyl sites for hydroxylation is 1. The van der Waals surface area contributed by atoms with E-state index < -0.39 is 5.97 Å². The van der Waals surface area contributed by atoms with Crippen molar-refractivity contribution in [3.8, 4) is 0 Å². The van der Waals surface area contributed by atoms with Crippen molar-refractivity contribution < 1.29 is 14.6 Å². The van der Waals surface area contributed by atoms with E-state index in [0.29, 0.717) is 12.0 Å². The van der Waals surface area contributed by atoms with Crippen LogP contribution in [0, 0.1) is 5.92 Å². The molecule has 29 heavy (non-hydrogen) atoms. The minimum Gasteiger partial charge on any atom is -0.481 e. The van der Waals surface area contributed by atoms with E-state index in [9.17, 15) is 9.90 Å². The fourth-order valence-electron chi connectivity index (χ4n) is 5.08. The number of carbonyl (C=O) groups is 1. The van der Waals surface area contributed by atoms with Gasteiger partial charge in [0.15, 0.2) is 0 Å². The lowest BCUT2D eigenvalue weighted by Crippen LogP contribution is -2.53. The molecule has 4 rings (SSSR count). The number of carboxylic acids is 1. The molecule has 3 heterocycles. The van der Waals surface area contributed by atoms with Gasteiger partial charge in [0.2, 0.25) is 0 Å². The van der Waals surface area contributed by atoms with Crippen molar-refractivity contribution in [2.45, 2.75) is 45.3 Å². The minimum absolute atomic E-state index is 0.259. The molecule has 0 unspecified atom stereocenters. The Hall–Kier alpha value is -1.89. The number of hydrogen-bond donors (Lipinski definition) is 1. The van der Waals surface area contributed by atoms with Crippen LogP contribution in [-0.2, 0) is 22.6 Å². The fourth-order valence-corrected chi connectivity index (χ4v) is 5.08. The maximum atomic E-state index is 11.2. The fraction of sp³-hybridized carbons (Fsp3) is 0.609. The van der Waals surface area contributed by atoms with Crippen LogP contribution < -0.4 is 0 Å². The molecule has 2 aliphatic rings. The first kappa shape index (κ1) is 20.4. The van der Waals surface area contributed by atoms with Crippen LogP contribution in [0.4, 0.5) is 0 Å². The number of benzene rings is 1. The molecule has 6 heteroatoms. The van der Waals surface area contributed by atoms with Crippen LogP contribution >= 0.6 is 0 Å². The van der Waals surface area contributed by atoms with Gasteiger partial charge in [0.05, 0.1) is 13.2 Å². The summed E-state index contributed by atoms with van der Waals surface area (Å²) in [5.74, 6) is -0.283. The number of fused-ring (bicyclic) bond motifs is 1. The van der Waals surface area contributed by atoms with Crippen LogP contribution in [0.25, 0.3) is 10.9 Å². The first-order valence-corrected chi connectivity index (χ1v) is 11.0. The second kappa shape index (κ2) is 9.28. The number of ether oxygens (including phenoxy) is 1. The number of piperidine rings is 1. The summed E-state index contributed by atoms with van der Waals surface area (Å²) in [4.78, 5) is 16.3. The number of morpholine rings is 1. The Morgan fingerprint density at radius 2 is 2.03 bits per heavy atom. The maximum Gasteiger partial charge on any atom is 0.303 e. The van der Waals surface area contributed by atoms with Gasteiger partial charge in [-0.05, 0) is 55.3 Å². The number of likely N-dealkylation sites (tertiary alicyclic amines) is 1. The Bertz CT molecular complexity index is 828. The highest BCUT2D eigenvalue weighted by Crippen LogP contribution is 2.28. The summed E-state index contributed by atoms with van der Waals surface area (Å²) in [6, 6.07) is 9.44. The quantitative estimate of drug-likeness (QED) is 0.776. The molecule has 2 aliphatic heterocycles. The van der Waals surface area contributed by atoms with Crippen LogP contribution in [-0.4, -0.2) is 70.9 Å². The van der Waals surface area contributed by atoms with Crippen molar-refractivity contribution in [2.75, 3.05) is 39.4 Å². The minimum atomic E-state index is -0.686. The van der Waals surface area contributed by atoms with Gasteiger partial charge >= 0.3 is 5.97 Å². The molecule has 0 aliphatic carbocycles. The summed E-state index contributed by atoms with van der Waals surface area (Å²) >= 11 is 0.